The molecule has 0 aromatic heterocycles. The van der Waals surface area contributed by atoms with E-state index < -0.39 is 48.8 Å². The highest BCUT2D eigenvalue weighted by Crippen LogP contribution is 2.33. The maximum Gasteiger partial charge on any atom is 0.251 e. The number of aliphatic hydroxyl groups is 4. The first-order valence-electron chi connectivity index (χ1n) is 8.60. The van der Waals surface area contributed by atoms with Gasteiger partial charge >= 0.3 is 0 Å². The molecule has 1 saturated heterocycles. The summed E-state index contributed by atoms with van der Waals surface area (Å²) >= 11 is 0. The third-order valence-electron chi connectivity index (χ3n) is 4.71. The zero-order valence-corrected chi connectivity index (χ0v) is 15.0. The Hall–Kier alpha value is -2.04. The lowest BCUT2D eigenvalue weighted by Gasteiger charge is -2.40. The summed E-state index contributed by atoms with van der Waals surface area (Å²) < 4.78 is 10.7. The second kappa shape index (κ2) is 7.17. The van der Waals surface area contributed by atoms with Crippen molar-refractivity contribution < 1.29 is 39.5 Å². The molecular formula is C18H23NO8. The summed E-state index contributed by atoms with van der Waals surface area (Å²) in [5.41, 5.74) is -0.215. The molecule has 9 heteroatoms. The van der Waals surface area contributed by atoms with Gasteiger partial charge in [-0.05, 0) is 32.0 Å². The van der Waals surface area contributed by atoms with E-state index in [2.05, 4.69) is 5.32 Å². The second-order valence-electron chi connectivity index (χ2n) is 7.40. The Morgan fingerprint density at radius 1 is 1.26 bits per heavy atom. The van der Waals surface area contributed by atoms with Gasteiger partial charge in [-0.1, -0.05) is 0 Å². The molecule has 1 amide bonds. The van der Waals surface area contributed by atoms with Crippen LogP contribution in [0.3, 0.4) is 0 Å². The number of ether oxygens (including phenoxy) is 2. The van der Waals surface area contributed by atoms with Gasteiger partial charge in [-0.2, -0.15) is 0 Å². The summed E-state index contributed by atoms with van der Waals surface area (Å²) in [4.78, 5) is 24.8. The van der Waals surface area contributed by atoms with Crippen molar-refractivity contribution in [3.8, 4) is 5.75 Å². The number of ketones is 1. The number of amides is 1. The minimum atomic E-state index is -1.62. The van der Waals surface area contributed by atoms with Crippen LogP contribution >= 0.6 is 0 Å². The summed E-state index contributed by atoms with van der Waals surface area (Å²) in [5, 5.41) is 41.4. The minimum Gasteiger partial charge on any atom is -0.487 e. The van der Waals surface area contributed by atoms with E-state index in [0.29, 0.717) is 5.75 Å². The number of hydrogen-bond acceptors (Lipinski definition) is 8. The Bertz CT molecular complexity index is 749. The van der Waals surface area contributed by atoms with Gasteiger partial charge in [-0.3, -0.25) is 9.59 Å². The molecular weight excluding hydrogens is 358 g/mol. The van der Waals surface area contributed by atoms with Crippen molar-refractivity contribution in [2.75, 3.05) is 6.61 Å². The third kappa shape index (κ3) is 3.83. The van der Waals surface area contributed by atoms with Gasteiger partial charge in [-0.15, -0.1) is 0 Å². The summed E-state index contributed by atoms with van der Waals surface area (Å²) in [6.07, 6.45) is -5.63. The van der Waals surface area contributed by atoms with Crippen LogP contribution in [0.2, 0.25) is 0 Å². The molecule has 1 aromatic carbocycles. The van der Waals surface area contributed by atoms with Gasteiger partial charge in [0.05, 0.1) is 18.6 Å². The van der Waals surface area contributed by atoms with Crippen molar-refractivity contribution >= 4 is 11.7 Å². The highest BCUT2D eigenvalue weighted by atomic mass is 16.6. The average Bonchev–Trinajstić information content (AvgIpc) is 2.60. The van der Waals surface area contributed by atoms with E-state index >= 15 is 0 Å². The Labute approximate surface area is 155 Å². The molecule has 1 fully saturated rings. The molecule has 5 atom stereocenters. The smallest absolute Gasteiger partial charge is 0.251 e. The molecule has 2 aliphatic heterocycles. The van der Waals surface area contributed by atoms with Crippen molar-refractivity contribution in [3.63, 3.8) is 0 Å². The molecule has 0 spiro atoms. The quantitative estimate of drug-likeness (QED) is 0.446. The van der Waals surface area contributed by atoms with Gasteiger partial charge < -0.3 is 35.2 Å². The van der Waals surface area contributed by atoms with Crippen molar-refractivity contribution in [1.82, 2.24) is 5.32 Å². The summed E-state index contributed by atoms with van der Waals surface area (Å²) in [6, 6.07) is 3.05. The SMILES string of the molecule is CC1(C)CC(=O)c2cc(C(=O)NC3C(O)O[C@H](CO)C(O)[C@@H]3O)ccc2O1. The molecule has 5 N–H and O–H groups in total. The lowest BCUT2D eigenvalue weighted by molar-refractivity contribution is -0.252. The first-order chi connectivity index (χ1) is 12.6. The first-order valence-corrected chi connectivity index (χ1v) is 8.60. The highest BCUT2D eigenvalue weighted by molar-refractivity contribution is 6.03. The molecule has 9 nitrogen and oxygen atoms in total. The van der Waals surface area contributed by atoms with Crippen LogP contribution in [0, 0.1) is 0 Å². The zero-order chi connectivity index (χ0) is 19.9. The fraction of sp³-hybridized carbons (Fsp3) is 0.556. The van der Waals surface area contributed by atoms with E-state index in [1.54, 1.807) is 13.8 Å². The Balaban J connectivity index is 1.77. The molecule has 3 unspecified atom stereocenters. The lowest BCUT2D eigenvalue weighted by atomic mass is 9.92. The summed E-state index contributed by atoms with van der Waals surface area (Å²) in [7, 11) is 0. The number of nitrogens with one attached hydrogen (secondary N) is 1. The van der Waals surface area contributed by atoms with E-state index in [9.17, 15) is 24.9 Å². The van der Waals surface area contributed by atoms with E-state index in [-0.39, 0.29) is 23.3 Å². The fourth-order valence-electron chi connectivity index (χ4n) is 3.28. The topological polar surface area (TPSA) is 146 Å². The largest absolute Gasteiger partial charge is 0.487 e. The van der Waals surface area contributed by atoms with Gasteiger partial charge in [0.1, 0.15) is 35.7 Å². The summed E-state index contributed by atoms with van der Waals surface area (Å²) in [5.74, 6) is -0.440. The number of aliphatic hydroxyl groups excluding tert-OH is 4. The van der Waals surface area contributed by atoms with Crippen LogP contribution in [-0.2, 0) is 4.74 Å². The van der Waals surface area contributed by atoms with Crippen LogP contribution in [0.4, 0.5) is 0 Å². The van der Waals surface area contributed by atoms with Crippen LogP contribution in [0.15, 0.2) is 18.2 Å². The molecule has 1 aromatic rings. The summed E-state index contributed by atoms with van der Waals surface area (Å²) in [6.45, 7) is 3.00. The van der Waals surface area contributed by atoms with Gasteiger partial charge in [0.15, 0.2) is 12.1 Å². The molecule has 2 aliphatic rings. The van der Waals surface area contributed by atoms with Crippen LogP contribution < -0.4 is 10.1 Å². The Morgan fingerprint density at radius 3 is 2.63 bits per heavy atom. The normalized spacial score (nSPS) is 32.4. The number of hydrogen-bond donors (Lipinski definition) is 5. The molecule has 0 bridgehead atoms. The van der Waals surface area contributed by atoms with Crippen molar-refractivity contribution in [1.29, 1.82) is 0 Å². The zero-order valence-electron chi connectivity index (χ0n) is 15.0. The number of carbonyl (C=O) groups excluding carboxylic acids is 2. The van der Waals surface area contributed by atoms with Gasteiger partial charge in [-0.25, -0.2) is 0 Å². The number of benzene rings is 1. The minimum absolute atomic E-state index is 0.128. The number of rotatable bonds is 3. The maximum atomic E-state index is 12.5. The van der Waals surface area contributed by atoms with Crippen LogP contribution in [0.25, 0.3) is 0 Å². The Morgan fingerprint density at radius 2 is 1.96 bits per heavy atom. The fourth-order valence-corrected chi connectivity index (χ4v) is 3.28. The van der Waals surface area contributed by atoms with Crippen molar-refractivity contribution in [2.45, 2.75) is 56.5 Å². The molecule has 148 valence electrons. The molecule has 0 saturated carbocycles. The Kier molecular flexibility index (Phi) is 5.24. The molecule has 0 radical (unpaired) electrons. The van der Waals surface area contributed by atoms with Gasteiger partial charge in [0.25, 0.3) is 5.91 Å². The van der Waals surface area contributed by atoms with Crippen LogP contribution in [-0.4, -0.2) is 75.0 Å². The monoisotopic (exact) mass is 381 g/mol. The van der Waals surface area contributed by atoms with Gasteiger partial charge in [0.2, 0.25) is 0 Å². The van der Waals surface area contributed by atoms with Crippen LogP contribution in [0.5, 0.6) is 5.75 Å². The number of fused-ring (bicyclic) bond motifs is 1. The molecule has 3 rings (SSSR count). The lowest BCUT2D eigenvalue weighted by Crippen LogP contribution is -2.64. The maximum absolute atomic E-state index is 12.5. The molecule has 0 aliphatic carbocycles. The third-order valence-corrected chi connectivity index (χ3v) is 4.71. The standard InChI is InChI=1S/C18H23NO8/c1-18(2)6-10(21)9-5-8(3-4-11(9)27-18)16(24)19-13-15(23)14(22)12(7-20)26-17(13)25/h3-5,12-15,17,20,22-23,25H,6-7H2,1-2H3,(H,19,24)/t12-,13?,14?,15-,17?/m1/s1. The predicted octanol–water partition coefficient (Wildman–Crippen LogP) is -1.04. The average molecular weight is 381 g/mol. The van der Waals surface area contributed by atoms with Crippen molar-refractivity contribution in [2.24, 2.45) is 0 Å². The molecule has 27 heavy (non-hydrogen) atoms. The second-order valence-corrected chi connectivity index (χ2v) is 7.40. The van der Waals surface area contributed by atoms with E-state index in [1.807, 2.05) is 0 Å². The van der Waals surface area contributed by atoms with Crippen LogP contribution in [0.1, 0.15) is 41.0 Å². The molecule has 2 heterocycles. The highest BCUT2D eigenvalue weighted by Gasteiger charge is 2.44. The number of Topliss-reactive ketones (excluding diaryl/α,β-unsaturated/α-hetero) is 1. The van der Waals surface area contributed by atoms with Crippen molar-refractivity contribution in [3.05, 3.63) is 29.3 Å². The number of carbonyl (C=O) groups is 2. The predicted molar refractivity (Wildman–Crippen MR) is 91.3 cm³/mol. The van der Waals surface area contributed by atoms with E-state index in [4.69, 9.17) is 14.6 Å². The van der Waals surface area contributed by atoms with E-state index in [1.165, 1.54) is 18.2 Å². The first kappa shape index (κ1) is 19.7. The van der Waals surface area contributed by atoms with Gasteiger partial charge in [0, 0.05) is 5.56 Å². The van der Waals surface area contributed by atoms with E-state index in [0.717, 1.165) is 0 Å².